The summed E-state index contributed by atoms with van der Waals surface area (Å²) in [5.41, 5.74) is 7.38. The number of hydrogen-bond acceptors (Lipinski definition) is 10. The molecule has 17 heteroatoms. The van der Waals surface area contributed by atoms with Crippen LogP contribution in [0.5, 0.6) is 0 Å². The van der Waals surface area contributed by atoms with Gasteiger partial charge in [-0.25, -0.2) is 24.5 Å². The van der Waals surface area contributed by atoms with Gasteiger partial charge in [0.05, 0.1) is 62.1 Å². The second-order valence-corrected chi connectivity index (χ2v) is 16.6. The molecular weight excluding hydrogens is 841 g/mol. The summed E-state index contributed by atoms with van der Waals surface area (Å²) in [7, 11) is 2.56. The zero-order chi connectivity index (χ0) is 45.8. The number of alkyl carbamates (subject to hydrolysis) is 2. The number of H-pyrrole nitrogens is 2. The molecule has 0 radical (unpaired) electrons. The molecule has 2 saturated heterocycles. The number of aromatic nitrogens is 6. The van der Waals surface area contributed by atoms with Crippen LogP contribution in [0.1, 0.15) is 79.9 Å². The van der Waals surface area contributed by atoms with Crippen molar-refractivity contribution < 1.29 is 33.4 Å². The number of hydrogen-bond donors (Lipinski definition) is 5. The molecule has 0 spiro atoms. The monoisotopic (exact) mass is 896 g/mol. The van der Waals surface area contributed by atoms with Crippen LogP contribution in [0.2, 0.25) is 0 Å². The number of rotatable bonds is 12. The van der Waals surface area contributed by atoms with E-state index < -0.39 is 30.3 Å². The molecule has 66 heavy (non-hydrogen) atoms. The van der Waals surface area contributed by atoms with Gasteiger partial charge in [-0.15, -0.1) is 0 Å². The smallest absolute Gasteiger partial charge is 0.407 e. The van der Waals surface area contributed by atoms with Crippen LogP contribution in [-0.4, -0.2) is 104 Å². The summed E-state index contributed by atoms with van der Waals surface area (Å²) in [5, 5.41) is 8.49. The molecular formula is C49H56N10O7. The number of likely N-dealkylation sites (tertiary alicyclic amines) is 1. The third-order valence-corrected chi connectivity index (χ3v) is 12.1. The van der Waals surface area contributed by atoms with E-state index >= 15 is 0 Å². The normalized spacial score (nSPS) is 18.6. The van der Waals surface area contributed by atoms with Crippen molar-refractivity contribution >= 4 is 24.0 Å². The van der Waals surface area contributed by atoms with Gasteiger partial charge in [-0.1, -0.05) is 91.7 Å². The average Bonchev–Trinajstić information content (AvgIpc) is 4.20. The van der Waals surface area contributed by atoms with Crippen molar-refractivity contribution in [1.29, 1.82) is 0 Å². The van der Waals surface area contributed by atoms with E-state index in [9.17, 15) is 19.2 Å². The maximum absolute atomic E-state index is 14.2. The van der Waals surface area contributed by atoms with E-state index in [0.717, 1.165) is 71.3 Å². The first-order valence-corrected chi connectivity index (χ1v) is 22.5. The second kappa shape index (κ2) is 21.6. The highest BCUT2D eigenvalue weighted by Gasteiger charge is 2.37. The number of carbonyl (C=O) groups excluding carboxylic acids is 4. The minimum Gasteiger partial charge on any atom is -0.453 e. The lowest BCUT2D eigenvalue weighted by molar-refractivity contribution is -0.134. The average molecular weight is 897 g/mol. The fourth-order valence-electron chi connectivity index (χ4n) is 8.57. The molecule has 4 atom stereocenters. The molecule has 0 unspecified atom stereocenters. The summed E-state index contributed by atoms with van der Waals surface area (Å²) < 4.78 is 17.5. The van der Waals surface area contributed by atoms with E-state index in [0.29, 0.717) is 56.5 Å². The fraction of sp³-hybridized carbons (Fsp3) is 0.367. The molecule has 4 amide bonds. The second-order valence-electron chi connectivity index (χ2n) is 16.6. The molecule has 3 aromatic carbocycles. The Balaban J connectivity index is 0.904. The van der Waals surface area contributed by atoms with E-state index in [1.54, 1.807) is 23.6 Å². The zero-order valence-electron chi connectivity index (χ0n) is 37.2. The van der Waals surface area contributed by atoms with Crippen LogP contribution >= 0.6 is 0 Å². The Morgan fingerprint density at radius 3 is 2.12 bits per heavy atom. The van der Waals surface area contributed by atoms with Crippen LogP contribution < -0.4 is 16.0 Å². The van der Waals surface area contributed by atoms with Crippen LogP contribution in [0.4, 0.5) is 9.59 Å². The molecule has 6 aromatic rings. The molecule has 344 valence electrons. The highest BCUT2D eigenvalue weighted by molar-refractivity contribution is 5.87. The van der Waals surface area contributed by atoms with Crippen LogP contribution in [0.15, 0.2) is 104 Å². The largest absolute Gasteiger partial charge is 0.453 e. The number of benzene rings is 3. The van der Waals surface area contributed by atoms with E-state index in [2.05, 4.69) is 60.2 Å². The van der Waals surface area contributed by atoms with Crippen LogP contribution in [0.3, 0.4) is 0 Å². The quantitative estimate of drug-likeness (QED) is 0.0861. The predicted molar refractivity (Wildman–Crippen MR) is 246 cm³/mol. The number of imidazole rings is 3. The Morgan fingerprint density at radius 2 is 1.42 bits per heavy atom. The summed E-state index contributed by atoms with van der Waals surface area (Å²) in [6, 6.07) is 24.1. The summed E-state index contributed by atoms with van der Waals surface area (Å²) in [6.07, 6.45) is 11.1. The molecule has 0 aliphatic carbocycles. The summed E-state index contributed by atoms with van der Waals surface area (Å²) in [4.78, 5) is 74.5. The van der Waals surface area contributed by atoms with E-state index in [4.69, 9.17) is 19.2 Å². The number of nitrogens with one attached hydrogen (secondary N) is 5. The lowest BCUT2D eigenvalue weighted by atomic mass is 10.0. The van der Waals surface area contributed by atoms with Crippen molar-refractivity contribution in [3.05, 3.63) is 127 Å². The molecule has 0 bridgehead atoms. The van der Waals surface area contributed by atoms with Gasteiger partial charge >= 0.3 is 12.2 Å². The third-order valence-electron chi connectivity index (χ3n) is 12.1. The van der Waals surface area contributed by atoms with Gasteiger partial charge in [0.1, 0.15) is 23.7 Å². The Hall–Kier alpha value is -7.27. The van der Waals surface area contributed by atoms with Crippen molar-refractivity contribution in [1.82, 2.24) is 50.3 Å². The van der Waals surface area contributed by atoms with Gasteiger partial charge in [-0.2, -0.15) is 0 Å². The molecule has 0 saturated carbocycles. The lowest BCUT2D eigenvalue weighted by Crippen LogP contribution is -2.49. The maximum atomic E-state index is 14.2. The SMILES string of the molecule is COC(=O)N[C@H]1CCCCCOCC[C@@H](c2ncc(-c3ccc(-c4ccc(-c5cnc([C@@H]6CCCN6C(=O)[C@H](Cc6cn(Cc7ccccc7)cn6)NC(=O)OC)[nH]5)cc4)cc3)[nH]2)NC1=O. The van der Waals surface area contributed by atoms with Gasteiger partial charge < -0.3 is 49.6 Å². The van der Waals surface area contributed by atoms with Gasteiger partial charge in [0, 0.05) is 38.9 Å². The molecule has 2 aliphatic rings. The summed E-state index contributed by atoms with van der Waals surface area (Å²) in [6.45, 7) is 2.26. The first-order chi connectivity index (χ1) is 32.2. The van der Waals surface area contributed by atoms with Crippen molar-refractivity contribution in [3.8, 4) is 33.6 Å². The van der Waals surface area contributed by atoms with E-state index in [1.807, 2.05) is 65.4 Å². The highest BCUT2D eigenvalue weighted by atomic mass is 16.5. The zero-order valence-corrected chi connectivity index (χ0v) is 37.2. The molecule has 3 aromatic heterocycles. The van der Waals surface area contributed by atoms with Crippen molar-refractivity contribution in [3.63, 3.8) is 0 Å². The Morgan fingerprint density at radius 1 is 0.758 bits per heavy atom. The lowest BCUT2D eigenvalue weighted by Gasteiger charge is -2.28. The van der Waals surface area contributed by atoms with E-state index in [1.165, 1.54) is 14.2 Å². The topological polar surface area (TPSA) is 210 Å². The number of methoxy groups -OCH3 is 2. The maximum Gasteiger partial charge on any atom is 0.407 e. The number of ether oxygens (including phenoxy) is 3. The molecule has 8 rings (SSSR count). The first-order valence-electron chi connectivity index (χ1n) is 22.5. The summed E-state index contributed by atoms with van der Waals surface area (Å²) >= 11 is 0. The Labute approximate surface area is 383 Å². The molecule has 5 heterocycles. The van der Waals surface area contributed by atoms with Crippen LogP contribution in [0.25, 0.3) is 33.6 Å². The summed E-state index contributed by atoms with van der Waals surface area (Å²) in [5.74, 6) is 0.767. The number of nitrogens with zero attached hydrogens (tertiary/aromatic N) is 5. The third kappa shape index (κ3) is 11.3. The molecule has 2 fully saturated rings. The van der Waals surface area contributed by atoms with Crippen molar-refractivity contribution in [2.24, 2.45) is 0 Å². The van der Waals surface area contributed by atoms with Gasteiger partial charge in [0.25, 0.3) is 0 Å². The van der Waals surface area contributed by atoms with Gasteiger partial charge in [0.15, 0.2) is 0 Å². The number of carbonyl (C=O) groups is 4. The van der Waals surface area contributed by atoms with Crippen molar-refractivity contribution in [2.45, 2.75) is 82.1 Å². The van der Waals surface area contributed by atoms with Gasteiger partial charge in [0.2, 0.25) is 11.8 Å². The van der Waals surface area contributed by atoms with Crippen molar-refractivity contribution in [2.75, 3.05) is 34.0 Å². The molecule has 5 N–H and O–H groups in total. The number of amides is 4. The van der Waals surface area contributed by atoms with Crippen LogP contribution in [0, 0.1) is 0 Å². The molecule has 17 nitrogen and oxygen atoms in total. The fourth-order valence-corrected chi connectivity index (χ4v) is 8.57. The van der Waals surface area contributed by atoms with Gasteiger partial charge in [-0.05, 0) is 59.9 Å². The predicted octanol–water partition coefficient (Wildman–Crippen LogP) is 6.87. The number of aromatic amines is 2. The molecule has 2 aliphatic heterocycles. The highest BCUT2D eigenvalue weighted by Crippen LogP contribution is 2.33. The first kappa shape index (κ1) is 45.3. The minimum atomic E-state index is -0.877. The minimum absolute atomic E-state index is 0.208. The Kier molecular flexibility index (Phi) is 14.8. The standard InChI is InChI=1S/C49H56N10O7/c1-64-48(62)56-39-12-7-4-8-24-66-25-22-38(55-46(39)60)44-50-27-41(53-44)35-18-14-33(15-19-35)34-16-20-36(21-17-34)42-28-51-45(54-42)43-13-9-23-59(43)47(61)40(57-49(63)65-2)26-37-30-58(31-52-37)29-32-10-5-3-6-11-32/h3,5-6,10-11,14-21,27-28,30-31,38-40,43H,4,7-9,12-13,22-26,29H2,1-2H3,(H,50,53)(H,51,54)(H,55,60)(H,56,62)(H,57,63)/t38-,39-,40-,43-/m0/s1. The van der Waals surface area contributed by atoms with Gasteiger partial charge in [-0.3, -0.25) is 9.59 Å². The van der Waals surface area contributed by atoms with E-state index in [-0.39, 0.29) is 24.3 Å². The van der Waals surface area contributed by atoms with Crippen LogP contribution in [-0.2, 0) is 36.8 Å². The Bertz CT molecular complexity index is 2550.